The normalized spacial score (nSPS) is 10.6. The number of anilines is 1. The molecule has 0 aliphatic carbocycles. The van der Waals surface area contributed by atoms with Crippen LogP contribution in [0.3, 0.4) is 0 Å². The van der Waals surface area contributed by atoms with Crippen LogP contribution in [0.4, 0.5) is 5.69 Å². The average Bonchev–Trinajstić information content (AvgIpc) is 2.50. The van der Waals surface area contributed by atoms with E-state index in [0.717, 1.165) is 17.7 Å². The van der Waals surface area contributed by atoms with Crippen LogP contribution in [0.25, 0.3) is 0 Å². The predicted octanol–water partition coefficient (Wildman–Crippen LogP) is 3.33. The van der Waals surface area contributed by atoms with Crippen molar-refractivity contribution in [2.75, 3.05) is 12.3 Å². The minimum Gasteiger partial charge on any atom is -0.399 e. The van der Waals surface area contributed by atoms with E-state index < -0.39 is 5.41 Å². The topological polar surface area (TPSA) is 55.1 Å². The maximum atomic E-state index is 12.4. The lowest BCUT2D eigenvalue weighted by Gasteiger charge is -2.24. The summed E-state index contributed by atoms with van der Waals surface area (Å²) >= 11 is 0. The molecule has 0 aliphatic rings. The molecule has 0 fully saturated rings. The molecular weight excluding hydrogens is 296 g/mol. The summed E-state index contributed by atoms with van der Waals surface area (Å²) < 4.78 is 0. The minimum absolute atomic E-state index is 0. The lowest BCUT2D eigenvalue weighted by molar-refractivity contribution is -0.125. The zero-order chi connectivity index (χ0) is 15.3. The van der Waals surface area contributed by atoms with Gasteiger partial charge in [-0.15, -0.1) is 12.4 Å². The molecule has 2 aromatic rings. The summed E-state index contributed by atoms with van der Waals surface area (Å²) in [5, 5.41) is 3.01. The molecule has 0 radical (unpaired) electrons. The summed E-state index contributed by atoms with van der Waals surface area (Å²) in [4.78, 5) is 12.4. The largest absolute Gasteiger partial charge is 0.399 e. The first kappa shape index (κ1) is 18.1. The fourth-order valence-corrected chi connectivity index (χ4v) is 2.21. The van der Waals surface area contributed by atoms with Gasteiger partial charge in [-0.25, -0.2) is 0 Å². The number of rotatable bonds is 5. The molecule has 0 aromatic heterocycles. The van der Waals surface area contributed by atoms with E-state index in [1.807, 2.05) is 68.4 Å². The highest BCUT2D eigenvalue weighted by Gasteiger charge is 2.28. The van der Waals surface area contributed by atoms with Gasteiger partial charge in [0.05, 0.1) is 5.41 Å². The molecule has 0 saturated heterocycles. The van der Waals surface area contributed by atoms with E-state index in [0.29, 0.717) is 6.54 Å². The van der Waals surface area contributed by atoms with Gasteiger partial charge in [0, 0.05) is 12.2 Å². The number of carbonyl (C=O) groups excluding carboxylic acids is 1. The number of nitrogens with two attached hydrogens (primary N) is 1. The van der Waals surface area contributed by atoms with E-state index in [1.165, 1.54) is 5.56 Å². The van der Waals surface area contributed by atoms with Crippen LogP contribution >= 0.6 is 12.4 Å². The van der Waals surface area contributed by atoms with Gasteiger partial charge < -0.3 is 11.1 Å². The second kappa shape index (κ2) is 7.85. The Balaban J connectivity index is 0.00000242. The van der Waals surface area contributed by atoms with Crippen molar-refractivity contribution < 1.29 is 4.79 Å². The number of hydrogen-bond donors (Lipinski definition) is 2. The molecule has 0 heterocycles. The Bertz CT molecular complexity index is 594. The molecule has 3 nitrogen and oxygen atoms in total. The van der Waals surface area contributed by atoms with E-state index in [9.17, 15) is 4.79 Å². The van der Waals surface area contributed by atoms with E-state index in [1.54, 1.807) is 0 Å². The fourth-order valence-electron chi connectivity index (χ4n) is 2.21. The molecule has 0 bridgehead atoms. The van der Waals surface area contributed by atoms with Crippen molar-refractivity contribution in [1.29, 1.82) is 0 Å². The van der Waals surface area contributed by atoms with Gasteiger partial charge in [0.1, 0.15) is 0 Å². The van der Waals surface area contributed by atoms with Crippen molar-refractivity contribution >= 4 is 24.0 Å². The predicted molar refractivity (Wildman–Crippen MR) is 94.3 cm³/mol. The Morgan fingerprint density at radius 3 is 2.23 bits per heavy atom. The highest BCUT2D eigenvalue weighted by molar-refractivity contribution is 5.87. The number of benzene rings is 2. The van der Waals surface area contributed by atoms with Crippen LogP contribution in [0.1, 0.15) is 25.0 Å². The summed E-state index contributed by atoms with van der Waals surface area (Å²) in [6.07, 6.45) is 0.802. The van der Waals surface area contributed by atoms with Crippen molar-refractivity contribution in [2.45, 2.75) is 25.7 Å². The fraction of sp³-hybridized carbons (Fsp3) is 0.278. The van der Waals surface area contributed by atoms with Crippen LogP contribution in [0, 0.1) is 0 Å². The SMILES string of the molecule is CC(C)(C(=O)NCCc1ccc(N)cc1)c1ccccc1.Cl. The smallest absolute Gasteiger partial charge is 0.230 e. The van der Waals surface area contributed by atoms with E-state index >= 15 is 0 Å². The Kier molecular flexibility index (Phi) is 6.44. The molecule has 0 aliphatic heterocycles. The number of nitrogens with one attached hydrogen (secondary N) is 1. The monoisotopic (exact) mass is 318 g/mol. The third kappa shape index (κ3) is 4.50. The molecule has 0 atom stereocenters. The Labute approximate surface area is 138 Å². The first-order valence-corrected chi connectivity index (χ1v) is 7.18. The van der Waals surface area contributed by atoms with E-state index in [-0.39, 0.29) is 18.3 Å². The Morgan fingerprint density at radius 1 is 1.05 bits per heavy atom. The molecule has 118 valence electrons. The number of nitrogen functional groups attached to an aromatic ring is 1. The third-order valence-electron chi connectivity index (χ3n) is 3.74. The van der Waals surface area contributed by atoms with E-state index in [4.69, 9.17) is 5.73 Å². The number of amides is 1. The average molecular weight is 319 g/mol. The summed E-state index contributed by atoms with van der Waals surface area (Å²) in [5.74, 6) is 0.0455. The molecular formula is C18H23ClN2O. The second-order valence-corrected chi connectivity index (χ2v) is 5.74. The lowest BCUT2D eigenvalue weighted by Crippen LogP contribution is -2.40. The summed E-state index contributed by atoms with van der Waals surface area (Å²) in [6, 6.07) is 17.6. The first-order chi connectivity index (χ1) is 10.00. The molecule has 3 N–H and O–H groups in total. The van der Waals surface area contributed by atoms with Crippen LogP contribution in [0.15, 0.2) is 54.6 Å². The quantitative estimate of drug-likeness (QED) is 0.831. The van der Waals surface area contributed by atoms with Crippen molar-refractivity contribution in [3.63, 3.8) is 0 Å². The van der Waals surface area contributed by atoms with Crippen molar-refractivity contribution in [1.82, 2.24) is 5.32 Å². The van der Waals surface area contributed by atoms with Crippen molar-refractivity contribution in [3.8, 4) is 0 Å². The minimum atomic E-state index is -0.525. The third-order valence-corrected chi connectivity index (χ3v) is 3.74. The molecule has 1 amide bonds. The van der Waals surface area contributed by atoms with Crippen LogP contribution in [-0.2, 0) is 16.6 Å². The van der Waals surface area contributed by atoms with Crippen LogP contribution < -0.4 is 11.1 Å². The zero-order valence-corrected chi connectivity index (χ0v) is 13.8. The molecule has 22 heavy (non-hydrogen) atoms. The maximum Gasteiger partial charge on any atom is 0.230 e. The number of halogens is 1. The second-order valence-electron chi connectivity index (χ2n) is 5.74. The molecule has 0 unspecified atom stereocenters. The van der Waals surface area contributed by atoms with Gasteiger partial charge in [-0.05, 0) is 43.5 Å². The van der Waals surface area contributed by atoms with Gasteiger partial charge in [0.15, 0.2) is 0 Å². The van der Waals surface area contributed by atoms with Gasteiger partial charge in [-0.3, -0.25) is 4.79 Å². The van der Waals surface area contributed by atoms with Crippen molar-refractivity contribution in [2.24, 2.45) is 0 Å². The standard InChI is InChI=1S/C18H22N2O.ClH/c1-18(2,15-6-4-3-5-7-15)17(21)20-13-12-14-8-10-16(19)11-9-14;/h3-11H,12-13,19H2,1-2H3,(H,20,21);1H. The van der Waals surface area contributed by atoms with Gasteiger partial charge in [-0.1, -0.05) is 42.5 Å². The number of hydrogen-bond acceptors (Lipinski definition) is 2. The Hall–Kier alpha value is -2.00. The Morgan fingerprint density at radius 2 is 1.64 bits per heavy atom. The zero-order valence-electron chi connectivity index (χ0n) is 13.0. The maximum absolute atomic E-state index is 12.4. The molecule has 4 heteroatoms. The number of carbonyl (C=O) groups is 1. The summed E-state index contributed by atoms with van der Waals surface area (Å²) in [5.41, 5.74) is 8.08. The van der Waals surface area contributed by atoms with Crippen LogP contribution in [0.5, 0.6) is 0 Å². The summed E-state index contributed by atoms with van der Waals surface area (Å²) in [7, 11) is 0. The van der Waals surface area contributed by atoms with E-state index in [2.05, 4.69) is 5.32 Å². The summed E-state index contributed by atoms with van der Waals surface area (Å²) in [6.45, 7) is 4.51. The molecule has 2 aromatic carbocycles. The van der Waals surface area contributed by atoms with Gasteiger partial charge >= 0.3 is 0 Å². The molecule has 2 rings (SSSR count). The van der Waals surface area contributed by atoms with Gasteiger partial charge in [0.25, 0.3) is 0 Å². The van der Waals surface area contributed by atoms with Crippen LogP contribution in [-0.4, -0.2) is 12.5 Å². The highest BCUT2D eigenvalue weighted by atomic mass is 35.5. The molecule has 0 saturated carbocycles. The van der Waals surface area contributed by atoms with Gasteiger partial charge in [0.2, 0.25) is 5.91 Å². The molecule has 0 spiro atoms. The highest BCUT2D eigenvalue weighted by Crippen LogP contribution is 2.22. The van der Waals surface area contributed by atoms with Crippen LogP contribution in [0.2, 0.25) is 0 Å². The first-order valence-electron chi connectivity index (χ1n) is 7.18. The van der Waals surface area contributed by atoms with Gasteiger partial charge in [-0.2, -0.15) is 0 Å². The van der Waals surface area contributed by atoms with Crippen molar-refractivity contribution in [3.05, 3.63) is 65.7 Å². The lowest BCUT2D eigenvalue weighted by atomic mass is 9.84.